The van der Waals surface area contributed by atoms with E-state index in [2.05, 4.69) is 10.4 Å². The number of ether oxygens (including phenoxy) is 4. The van der Waals surface area contributed by atoms with Crippen LogP contribution in [0, 0.1) is 0 Å². The number of amides is 1. The summed E-state index contributed by atoms with van der Waals surface area (Å²) in [6.07, 6.45) is 6.09. The summed E-state index contributed by atoms with van der Waals surface area (Å²) in [4.78, 5) is 24.5. The number of nitrogens with zero attached hydrogens (tertiary/aromatic N) is 2. The maximum atomic E-state index is 12.4. The van der Waals surface area contributed by atoms with Crippen LogP contribution in [0.25, 0.3) is 11.6 Å². The van der Waals surface area contributed by atoms with Crippen molar-refractivity contribution in [3.05, 3.63) is 53.9 Å². The average molecular weight is 425 g/mol. The van der Waals surface area contributed by atoms with Crippen molar-refractivity contribution in [3.63, 3.8) is 0 Å². The maximum absolute atomic E-state index is 12.4. The molecule has 162 valence electrons. The Morgan fingerprint density at radius 1 is 1.10 bits per heavy atom. The number of anilines is 1. The van der Waals surface area contributed by atoms with E-state index in [1.54, 1.807) is 43.5 Å². The van der Waals surface area contributed by atoms with Crippen molar-refractivity contribution >= 4 is 29.2 Å². The van der Waals surface area contributed by atoms with Crippen LogP contribution < -0.4 is 19.5 Å². The van der Waals surface area contributed by atoms with Crippen LogP contribution in [0.3, 0.4) is 0 Å². The van der Waals surface area contributed by atoms with Crippen LogP contribution in [0.4, 0.5) is 5.69 Å². The molecule has 0 spiro atoms. The highest BCUT2D eigenvalue weighted by Crippen LogP contribution is 2.38. The minimum absolute atomic E-state index is 0.262. The molecule has 31 heavy (non-hydrogen) atoms. The van der Waals surface area contributed by atoms with Gasteiger partial charge < -0.3 is 24.3 Å². The van der Waals surface area contributed by atoms with Crippen LogP contribution in [-0.2, 0) is 9.53 Å². The molecule has 0 saturated carbocycles. The number of methoxy groups -OCH3 is 3. The lowest BCUT2D eigenvalue weighted by Gasteiger charge is -2.12. The molecule has 3 aromatic rings. The van der Waals surface area contributed by atoms with Crippen molar-refractivity contribution in [2.75, 3.05) is 33.3 Å². The fourth-order valence-corrected chi connectivity index (χ4v) is 2.98. The van der Waals surface area contributed by atoms with Crippen LogP contribution in [0.15, 0.2) is 42.7 Å². The molecule has 0 bridgehead atoms. The predicted molar refractivity (Wildman–Crippen MR) is 115 cm³/mol. The summed E-state index contributed by atoms with van der Waals surface area (Å²) in [6.45, 7) is 1.99. The summed E-state index contributed by atoms with van der Waals surface area (Å²) < 4.78 is 22.5. The lowest BCUT2D eigenvalue weighted by Crippen LogP contribution is -2.08. The quantitative estimate of drug-likeness (QED) is 0.437. The second kappa shape index (κ2) is 9.66. The molecule has 0 fully saturated rings. The normalized spacial score (nSPS) is 10.8. The largest absolute Gasteiger partial charge is 0.493 e. The third-order valence-electron chi connectivity index (χ3n) is 4.40. The van der Waals surface area contributed by atoms with E-state index < -0.39 is 5.97 Å². The summed E-state index contributed by atoms with van der Waals surface area (Å²) >= 11 is 0. The number of nitrogens with one attached hydrogen (secondary N) is 1. The Bertz CT molecular complexity index is 1110. The Morgan fingerprint density at radius 2 is 1.81 bits per heavy atom. The van der Waals surface area contributed by atoms with Crippen molar-refractivity contribution in [1.29, 1.82) is 0 Å². The molecule has 3 rings (SSSR count). The number of carbonyl (C=O) groups is 2. The first-order valence-electron chi connectivity index (χ1n) is 9.44. The number of aromatic nitrogens is 2. The Hall–Kier alpha value is -4.01. The van der Waals surface area contributed by atoms with Crippen LogP contribution in [-0.4, -0.2) is 49.4 Å². The number of carbonyl (C=O) groups excluding carboxylic acids is 2. The molecule has 9 nitrogen and oxygen atoms in total. The molecule has 0 aliphatic rings. The summed E-state index contributed by atoms with van der Waals surface area (Å²) in [5.41, 5.74) is 2.06. The molecule has 9 heteroatoms. The Labute approximate surface area is 179 Å². The van der Waals surface area contributed by atoms with E-state index in [9.17, 15) is 9.59 Å². The minimum Gasteiger partial charge on any atom is -0.493 e. The molecule has 0 atom stereocenters. The van der Waals surface area contributed by atoms with Crippen molar-refractivity contribution < 1.29 is 28.5 Å². The van der Waals surface area contributed by atoms with E-state index in [4.69, 9.17) is 18.9 Å². The van der Waals surface area contributed by atoms with Gasteiger partial charge in [-0.2, -0.15) is 5.10 Å². The van der Waals surface area contributed by atoms with Crippen molar-refractivity contribution in [1.82, 2.24) is 9.61 Å². The maximum Gasteiger partial charge on any atom is 0.341 e. The molecule has 0 unspecified atom stereocenters. The molecule has 0 aliphatic carbocycles. The number of hydrogen-bond acceptors (Lipinski definition) is 7. The van der Waals surface area contributed by atoms with Gasteiger partial charge in [0, 0.05) is 18.0 Å². The lowest BCUT2D eigenvalue weighted by molar-refractivity contribution is -0.111. The number of fused-ring (bicyclic) bond motifs is 1. The van der Waals surface area contributed by atoms with Crippen LogP contribution in [0.2, 0.25) is 0 Å². The van der Waals surface area contributed by atoms with Gasteiger partial charge in [0.2, 0.25) is 11.7 Å². The topological polar surface area (TPSA) is 100 Å². The van der Waals surface area contributed by atoms with Gasteiger partial charge in [-0.25, -0.2) is 9.31 Å². The van der Waals surface area contributed by atoms with Crippen molar-refractivity contribution in [2.45, 2.75) is 6.92 Å². The SMILES string of the molecule is CCOC(=O)c1cnn2ccc(NC(=O)/C=C/c3cc(OC)c(OC)c(OC)c3)cc12. The van der Waals surface area contributed by atoms with E-state index >= 15 is 0 Å². The van der Waals surface area contributed by atoms with Gasteiger partial charge in [0.15, 0.2) is 11.5 Å². The van der Waals surface area contributed by atoms with E-state index in [0.717, 1.165) is 0 Å². The fraction of sp³-hybridized carbons (Fsp3) is 0.227. The summed E-state index contributed by atoms with van der Waals surface area (Å²) in [6, 6.07) is 6.80. The molecule has 1 amide bonds. The van der Waals surface area contributed by atoms with Crippen LogP contribution in [0.5, 0.6) is 17.2 Å². The predicted octanol–water partition coefficient (Wildman–Crippen LogP) is 3.19. The van der Waals surface area contributed by atoms with E-state index in [-0.39, 0.29) is 12.5 Å². The highest BCUT2D eigenvalue weighted by Gasteiger charge is 2.15. The van der Waals surface area contributed by atoms with Crippen LogP contribution >= 0.6 is 0 Å². The molecular formula is C22H23N3O6. The highest BCUT2D eigenvalue weighted by molar-refractivity contribution is 6.03. The van der Waals surface area contributed by atoms with Gasteiger partial charge in [-0.15, -0.1) is 0 Å². The van der Waals surface area contributed by atoms with E-state index in [1.807, 2.05) is 0 Å². The van der Waals surface area contributed by atoms with Gasteiger partial charge in [-0.05, 0) is 42.8 Å². The first-order chi connectivity index (χ1) is 15.0. The zero-order valence-electron chi connectivity index (χ0n) is 17.7. The Balaban J connectivity index is 1.79. The molecule has 1 aromatic carbocycles. The van der Waals surface area contributed by atoms with E-state index in [0.29, 0.717) is 39.6 Å². The second-order valence-electron chi connectivity index (χ2n) is 6.31. The Morgan fingerprint density at radius 3 is 2.42 bits per heavy atom. The number of benzene rings is 1. The average Bonchev–Trinajstić information content (AvgIpc) is 3.20. The molecule has 1 N–H and O–H groups in total. The first kappa shape index (κ1) is 21.7. The highest BCUT2D eigenvalue weighted by atomic mass is 16.5. The monoisotopic (exact) mass is 425 g/mol. The molecular weight excluding hydrogens is 402 g/mol. The van der Waals surface area contributed by atoms with Crippen molar-refractivity contribution in [3.8, 4) is 17.2 Å². The number of hydrogen-bond donors (Lipinski definition) is 1. The zero-order chi connectivity index (χ0) is 22.4. The smallest absolute Gasteiger partial charge is 0.341 e. The molecule has 2 aromatic heterocycles. The Kier molecular flexibility index (Phi) is 6.76. The van der Waals surface area contributed by atoms with Gasteiger partial charge in [0.25, 0.3) is 0 Å². The van der Waals surface area contributed by atoms with Gasteiger partial charge in [0.1, 0.15) is 5.56 Å². The lowest BCUT2D eigenvalue weighted by atomic mass is 10.1. The summed E-state index contributed by atoms with van der Waals surface area (Å²) in [7, 11) is 4.57. The number of esters is 1. The van der Waals surface area contributed by atoms with Gasteiger partial charge in [0.05, 0.1) is 39.6 Å². The summed E-state index contributed by atoms with van der Waals surface area (Å²) in [5.74, 6) is 0.621. The van der Waals surface area contributed by atoms with Gasteiger partial charge >= 0.3 is 5.97 Å². The zero-order valence-corrected chi connectivity index (χ0v) is 17.7. The minimum atomic E-state index is -0.469. The standard InChI is InChI=1S/C22H23N3O6/c1-5-31-22(27)16-13-23-25-9-8-15(12-17(16)25)24-20(26)7-6-14-10-18(28-2)21(30-4)19(11-14)29-3/h6-13H,5H2,1-4H3,(H,24,26)/b7-6+. The number of pyridine rings is 1. The summed E-state index contributed by atoms with van der Waals surface area (Å²) in [5, 5.41) is 6.89. The van der Waals surface area contributed by atoms with Crippen molar-refractivity contribution in [2.24, 2.45) is 0 Å². The third kappa shape index (κ3) is 4.77. The van der Waals surface area contributed by atoms with Crippen LogP contribution in [0.1, 0.15) is 22.8 Å². The third-order valence-corrected chi connectivity index (χ3v) is 4.40. The molecule has 2 heterocycles. The molecule has 0 saturated heterocycles. The molecule has 0 aliphatic heterocycles. The number of rotatable bonds is 8. The fourth-order valence-electron chi connectivity index (χ4n) is 2.98. The second-order valence-corrected chi connectivity index (χ2v) is 6.31. The van der Waals surface area contributed by atoms with Gasteiger partial charge in [-0.3, -0.25) is 4.79 Å². The first-order valence-corrected chi connectivity index (χ1v) is 9.44. The molecule has 0 radical (unpaired) electrons. The van der Waals surface area contributed by atoms with Gasteiger partial charge in [-0.1, -0.05) is 0 Å². The van der Waals surface area contributed by atoms with E-state index in [1.165, 1.54) is 38.1 Å².